The van der Waals surface area contributed by atoms with Crippen molar-refractivity contribution in [3.8, 4) is 0 Å². The van der Waals surface area contributed by atoms with Crippen LogP contribution in [0.15, 0.2) is 28.7 Å². The van der Waals surface area contributed by atoms with E-state index >= 15 is 0 Å². The van der Waals surface area contributed by atoms with Gasteiger partial charge in [-0.25, -0.2) is 0 Å². The molecule has 1 heterocycles. The average molecular weight is 327 g/mol. The zero-order valence-electron chi connectivity index (χ0n) is 11.5. The van der Waals surface area contributed by atoms with Crippen molar-refractivity contribution in [1.29, 1.82) is 0 Å². The summed E-state index contributed by atoms with van der Waals surface area (Å²) in [4.78, 5) is 2.47. The monoisotopic (exact) mass is 326 g/mol. The van der Waals surface area contributed by atoms with Crippen molar-refractivity contribution in [2.45, 2.75) is 31.8 Å². The van der Waals surface area contributed by atoms with Crippen molar-refractivity contribution >= 4 is 15.9 Å². The summed E-state index contributed by atoms with van der Waals surface area (Å²) in [6, 6.07) is 8.83. The number of ether oxygens (including phenoxy) is 1. The molecule has 1 aromatic rings. The van der Waals surface area contributed by atoms with Gasteiger partial charge in [0, 0.05) is 30.2 Å². The molecule has 2 unspecified atom stereocenters. The van der Waals surface area contributed by atoms with Gasteiger partial charge in [-0.2, -0.15) is 0 Å². The fourth-order valence-corrected chi connectivity index (χ4v) is 3.20. The van der Waals surface area contributed by atoms with Crippen LogP contribution in [0.3, 0.4) is 0 Å². The first-order chi connectivity index (χ1) is 9.24. The Bertz CT molecular complexity index is 391. The third-order valence-electron chi connectivity index (χ3n) is 3.75. The van der Waals surface area contributed by atoms with E-state index in [2.05, 4.69) is 46.0 Å². The maximum Gasteiger partial charge on any atom is 0.0593 e. The number of benzene rings is 1. The lowest BCUT2D eigenvalue weighted by atomic mass is 9.96. The summed E-state index contributed by atoms with van der Waals surface area (Å²) >= 11 is 3.67. The summed E-state index contributed by atoms with van der Waals surface area (Å²) in [5.41, 5.74) is 7.69. The minimum atomic E-state index is 0.150. The summed E-state index contributed by atoms with van der Waals surface area (Å²) in [7, 11) is 0. The van der Waals surface area contributed by atoms with E-state index in [0.29, 0.717) is 0 Å². The molecule has 0 saturated carbocycles. The fourth-order valence-electron chi connectivity index (χ4n) is 2.68. The Morgan fingerprint density at radius 3 is 2.84 bits per heavy atom. The second-order valence-electron chi connectivity index (χ2n) is 5.04. The van der Waals surface area contributed by atoms with Crippen molar-refractivity contribution in [3.63, 3.8) is 0 Å². The molecule has 4 heteroatoms. The van der Waals surface area contributed by atoms with Gasteiger partial charge in [0.25, 0.3) is 0 Å². The Kier molecular flexibility index (Phi) is 5.82. The highest BCUT2D eigenvalue weighted by atomic mass is 79.9. The topological polar surface area (TPSA) is 38.5 Å². The maximum atomic E-state index is 6.40. The number of halogens is 1. The Balaban J connectivity index is 2.27. The van der Waals surface area contributed by atoms with Crippen LogP contribution in [-0.2, 0) is 4.74 Å². The van der Waals surface area contributed by atoms with E-state index in [1.165, 1.54) is 5.56 Å². The number of nitrogens with zero attached hydrogens (tertiary/aromatic N) is 1. The van der Waals surface area contributed by atoms with Gasteiger partial charge in [-0.05, 0) is 24.5 Å². The molecule has 0 spiro atoms. The van der Waals surface area contributed by atoms with Gasteiger partial charge >= 0.3 is 0 Å². The highest BCUT2D eigenvalue weighted by molar-refractivity contribution is 9.10. The summed E-state index contributed by atoms with van der Waals surface area (Å²) in [5.74, 6) is 0. The van der Waals surface area contributed by atoms with Crippen LogP contribution in [0.5, 0.6) is 0 Å². The molecule has 106 valence electrons. The van der Waals surface area contributed by atoms with Crippen LogP contribution in [0.25, 0.3) is 0 Å². The quantitative estimate of drug-likeness (QED) is 0.924. The molecule has 2 rings (SSSR count). The molecule has 2 N–H and O–H groups in total. The van der Waals surface area contributed by atoms with Gasteiger partial charge < -0.3 is 10.5 Å². The molecule has 0 amide bonds. The third-order valence-corrected chi connectivity index (χ3v) is 4.47. The molecule has 2 atom stereocenters. The predicted octanol–water partition coefficient (Wildman–Crippen LogP) is 2.95. The first kappa shape index (κ1) is 15.0. The van der Waals surface area contributed by atoms with E-state index in [1.54, 1.807) is 0 Å². The molecule has 0 bridgehead atoms. The highest BCUT2D eigenvalue weighted by Crippen LogP contribution is 2.31. The number of hydrogen-bond donors (Lipinski definition) is 1. The first-order valence-electron chi connectivity index (χ1n) is 7.06. The van der Waals surface area contributed by atoms with E-state index in [4.69, 9.17) is 10.5 Å². The van der Waals surface area contributed by atoms with Crippen molar-refractivity contribution in [2.24, 2.45) is 5.73 Å². The molecular weight excluding hydrogens is 304 g/mol. The van der Waals surface area contributed by atoms with Gasteiger partial charge in [0.05, 0.1) is 12.6 Å². The van der Waals surface area contributed by atoms with Gasteiger partial charge in [0.2, 0.25) is 0 Å². The van der Waals surface area contributed by atoms with Crippen LogP contribution >= 0.6 is 15.9 Å². The zero-order valence-corrected chi connectivity index (χ0v) is 13.1. The molecule has 1 fully saturated rings. The molecule has 0 aromatic heterocycles. The highest BCUT2D eigenvalue weighted by Gasteiger charge is 2.27. The van der Waals surface area contributed by atoms with Crippen LogP contribution < -0.4 is 5.73 Å². The first-order valence-corrected chi connectivity index (χ1v) is 7.85. The summed E-state index contributed by atoms with van der Waals surface area (Å²) in [5, 5.41) is 0. The molecule has 1 saturated heterocycles. The van der Waals surface area contributed by atoms with Crippen LogP contribution in [-0.4, -0.2) is 37.2 Å². The van der Waals surface area contributed by atoms with E-state index in [1.807, 2.05) is 6.07 Å². The van der Waals surface area contributed by atoms with E-state index in [0.717, 1.165) is 43.6 Å². The van der Waals surface area contributed by atoms with Crippen molar-refractivity contribution in [1.82, 2.24) is 4.90 Å². The lowest BCUT2D eigenvalue weighted by Gasteiger charge is -2.35. The molecule has 0 aliphatic carbocycles. The SMILES string of the molecule is CCC(N)C(c1ccccc1Br)N1CCCOCC1. The van der Waals surface area contributed by atoms with Gasteiger partial charge in [0.1, 0.15) is 0 Å². The number of nitrogens with two attached hydrogens (primary N) is 1. The molecule has 1 aliphatic heterocycles. The molecular formula is C15H23BrN2O. The number of hydrogen-bond acceptors (Lipinski definition) is 3. The fraction of sp³-hybridized carbons (Fsp3) is 0.600. The maximum absolute atomic E-state index is 6.40. The van der Waals surface area contributed by atoms with Crippen LogP contribution in [0.2, 0.25) is 0 Å². The van der Waals surface area contributed by atoms with Gasteiger partial charge in [-0.15, -0.1) is 0 Å². The molecule has 3 nitrogen and oxygen atoms in total. The smallest absolute Gasteiger partial charge is 0.0593 e. The third kappa shape index (κ3) is 3.78. The second-order valence-corrected chi connectivity index (χ2v) is 5.89. The summed E-state index contributed by atoms with van der Waals surface area (Å²) in [6.07, 6.45) is 2.06. The lowest BCUT2D eigenvalue weighted by molar-refractivity contribution is 0.124. The van der Waals surface area contributed by atoms with Crippen LogP contribution in [0, 0.1) is 0 Å². The summed E-state index contributed by atoms with van der Waals surface area (Å²) in [6.45, 7) is 5.83. The van der Waals surface area contributed by atoms with Crippen LogP contribution in [0.1, 0.15) is 31.4 Å². The Hall–Kier alpha value is -0.420. The minimum Gasteiger partial charge on any atom is -0.380 e. The Morgan fingerprint density at radius 2 is 2.11 bits per heavy atom. The second kappa shape index (κ2) is 7.39. The van der Waals surface area contributed by atoms with Gasteiger partial charge in [-0.3, -0.25) is 4.90 Å². The largest absolute Gasteiger partial charge is 0.380 e. The standard InChI is InChI=1S/C15H23BrN2O/c1-2-14(17)15(12-6-3-4-7-13(12)16)18-8-5-10-19-11-9-18/h3-4,6-7,14-15H,2,5,8-11,17H2,1H3. The predicted molar refractivity (Wildman–Crippen MR) is 82.2 cm³/mol. The number of rotatable bonds is 4. The molecule has 1 aromatic carbocycles. The Morgan fingerprint density at radius 1 is 1.32 bits per heavy atom. The van der Waals surface area contributed by atoms with E-state index in [-0.39, 0.29) is 12.1 Å². The van der Waals surface area contributed by atoms with Crippen molar-refractivity contribution < 1.29 is 4.74 Å². The van der Waals surface area contributed by atoms with Gasteiger partial charge in [-0.1, -0.05) is 41.1 Å². The summed E-state index contributed by atoms with van der Waals surface area (Å²) < 4.78 is 6.71. The molecule has 1 aliphatic rings. The average Bonchev–Trinajstić information content (AvgIpc) is 2.70. The normalized spacial score (nSPS) is 20.8. The lowest BCUT2D eigenvalue weighted by Crippen LogP contribution is -2.42. The van der Waals surface area contributed by atoms with Crippen LogP contribution in [0.4, 0.5) is 0 Å². The van der Waals surface area contributed by atoms with Crippen molar-refractivity contribution in [2.75, 3.05) is 26.3 Å². The zero-order chi connectivity index (χ0) is 13.7. The van der Waals surface area contributed by atoms with E-state index < -0.39 is 0 Å². The van der Waals surface area contributed by atoms with E-state index in [9.17, 15) is 0 Å². The van der Waals surface area contributed by atoms with Crippen molar-refractivity contribution in [3.05, 3.63) is 34.3 Å². The molecule has 0 radical (unpaired) electrons. The van der Waals surface area contributed by atoms with Gasteiger partial charge in [0.15, 0.2) is 0 Å². The molecule has 19 heavy (non-hydrogen) atoms. The minimum absolute atomic E-state index is 0.150. The Labute approximate surface area is 124 Å².